The number of nitrogens with zero attached hydrogens (tertiary/aromatic N) is 1. The van der Waals surface area contributed by atoms with Gasteiger partial charge in [0.2, 0.25) is 0 Å². The summed E-state index contributed by atoms with van der Waals surface area (Å²) in [7, 11) is 0. The Kier molecular flexibility index (Phi) is 5.16. The highest BCUT2D eigenvalue weighted by molar-refractivity contribution is 8.18. The van der Waals surface area contributed by atoms with E-state index in [1.807, 2.05) is 30.3 Å². The van der Waals surface area contributed by atoms with Crippen molar-refractivity contribution in [2.45, 2.75) is 6.54 Å². The highest BCUT2D eigenvalue weighted by Gasteiger charge is 2.35. The smallest absolute Gasteiger partial charge is 0.339 e. The number of furan rings is 1. The second kappa shape index (κ2) is 7.92. The average molecular weight is 421 g/mol. The maximum absolute atomic E-state index is 12.6. The van der Waals surface area contributed by atoms with Crippen LogP contribution in [0.1, 0.15) is 21.7 Å². The van der Waals surface area contributed by atoms with E-state index in [1.165, 1.54) is 29.2 Å². The van der Waals surface area contributed by atoms with Gasteiger partial charge in [0.25, 0.3) is 11.1 Å². The third-order valence-electron chi connectivity index (χ3n) is 4.47. The molecule has 1 saturated heterocycles. The number of imide groups is 1. The van der Waals surface area contributed by atoms with Crippen LogP contribution in [0.15, 0.2) is 70.0 Å². The van der Waals surface area contributed by atoms with Gasteiger partial charge in [0, 0.05) is 11.6 Å². The van der Waals surface area contributed by atoms with Crippen LogP contribution in [0.3, 0.4) is 0 Å². The molecule has 3 aromatic rings. The molecule has 2 aromatic carbocycles. The molecule has 1 aliphatic heterocycles. The lowest BCUT2D eigenvalue weighted by Crippen LogP contribution is -2.27. The largest absolute Gasteiger partial charge is 0.507 e. The van der Waals surface area contributed by atoms with Crippen molar-refractivity contribution in [2.24, 2.45) is 0 Å². The predicted molar refractivity (Wildman–Crippen MR) is 111 cm³/mol. The number of hydrogen-bond acceptors (Lipinski definition) is 6. The Morgan fingerprint density at radius 1 is 1.07 bits per heavy atom. The van der Waals surface area contributed by atoms with E-state index in [0.717, 1.165) is 17.3 Å². The summed E-state index contributed by atoms with van der Waals surface area (Å²) in [6, 6.07) is 16.6. The van der Waals surface area contributed by atoms with Crippen LogP contribution in [0.4, 0.5) is 4.79 Å². The standard InChI is InChI=1S/C22H15NO6S/c24-17-8-6-14(10-16(17)21(26)27)18-9-7-15(29-18)11-19-20(25)23(22(28)30-19)12-13-4-2-1-3-5-13/h1-11,24H,12H2,(H,26,27)/b19-11-. The monoisotopic (exact) mass is 421 g/mol. The molecular formula is C22H15NO6S. The molecule has 0 unspecified atom stereocenters. The molecule has 1 aromatic heterocycles. The number of rotatable bonds is 5. The molecule has 2 amide bonds. The summed E-state index contributed by atoms with van der Waals surface area (Å²) in [6.07, 6.45) is 1.48. The van der Waals surface area contributed by atoms with Crippen molar-refractivity contribution in [3.8, 4) is 17.1 Å². The van der Waals surface area contributed by atoms with Crippen LogP contribution in [-0.4, -0.2) is 32.2 Å². The molecule has 30 heavy (non-hydrogen) atoms. The number of carbonyl (C=O) groups is 3. The van der Waals surface area contributed by atoms with Gasteiger partial charge < -0.3 is 14.6 Å². The summed E-state index contributed by atoms with van der Waals surface area (Å²) in [4.78, 5) is 37.5. The van der Waals surface area contributed by atoms with Crippen LogP contribution >= 0.6 is 11.8 Å². The number of hydrogen-bond donors (Lipinski definition) is 2. The van der Waals surface area contributed by atoms with Gasteiger partial charge in [0.15, 0.2) is 0 Å². The number of aromatic carboxylic acids is 1. The highest BCUT2D eigenvalue weighted by Crippen LogP contribution is 2.34. The number of carbonyl (C=O) groups excluding carboxylic acids is 2. The van der Waals surface area contributed by atoms with Crippen LogP contribution in [0.5, 0.6) is 5.75 Å². The lowest BCUT2D eigenvalue weighted by atomic mass is 10.1. The molecule has 0 atom stereocenters. The molecule has 0 radical (unpaired) electrons. The van der Waals surface area contributed by atoms with Crippen LogP contribution < -0.4 is 0 Å². The first-order chi connectivity index (χ1) is 14.4. The second-order valence-electron chi connectivity index (χ2n) is 6.49. The van der Waals surface area contributed by atoms with Crippen molar-refractivity contribution < 1.29 is 29.0 Å². The van der Waals surface area contributed by atoms with Crippen molar-refractivity contribution in [2.75, 3.05) is 0 Å². The van der Waals surface area contributed by atoms with E-state index in [9.17, 15) is 19.5 Å². The molecule has 1 aliphatic rings. The van der Waals surface area contributed by atoms with E-state index < -0.39 is 11.9 Å². The lowest BCUT2D eigenvalue weighted by Gasteiger charge is -2.11. The number of benzene rings is 2. The Morgan fingerprint density at radius 3 is 2.57 bits per heavy atom. The van der Waals surface area contributed by atoms with Crippen LogP contribution in [0.25, 0.3) is 17.4 Å². The van der Waals surface area contributed by atoms with Gasteiger partial charge in [-0.25, -0.2) is 4.79 Å². The van der Waals surface area contributed by atoms with Crippen LogP contribution in [-0.2, 0) is 11.3 Å². The van der Waals surface area contributed by atoms with E-state index in [4.69, 9.17) is 9.52 Å². The maximum atomic E-state index is 12.6. The van der Waals surface area contributed by atoms with Gasteiger partial charge in [-0.1, -0.05) is 30.3 Å². The Hall–Kier alpha value is -3.78. The van der Waals surface area contributed by atoms with Crippen molar-refractivity contribution in [1.82, 2.24) is 4.90 Å². The molecule has 0 saturated carbocycles. The Morgan fingerprint density at radius 2 is 1.83 bits per heavy atom. The zero-order valence-corrected chi connectivity index (χ0v) is 16.3. The molecular weight excluding hydrogens is 406 g/mol. The molecule has 0 aliphatic carbocycles. The van der Waals surface area contributed by atoms with E-state index in [1.54, 1.807) is 12.1 Å². The maximum Gasteiger partial charge on any atom is 0.339 e. The molecule has 2 N–H and O–H groups in total. The molecule has 0 spiro atoms. The topological polar surface area (TPSA) is 108 Å². The SMILES string of the molecule is O=C(O)c1cc(-c2ccc(/C=C3\SC(=O)N(Cc4ccccc4)C3=O)o2)ccc1O. The van der Waals surface area contributed by atoms with Crippen molar-refractivity contribution in [3.63, 3.8) is 0 Å². The fourth-order valence-electron chi connectivity index (χ4n) is 2.98. The molecule has 0 bridgehead atoms. The van der Waals surface area contributed by atoms with Gasteiger partial charge in [-0.3, -0.25) is 14.5 Å². The van der Waals surface area contributed by atoms with E-state index in [0.29, 0.717) is 17.1 Å². The van der Waals surface area contributed by atoms with Gasteiger partial charge in [-0.2, -0.15) is 0 Å². The number of carboxylic acid groups (broad SMARTS) is 1. The quantitative estimate of drug-likeness (QED) is 0.580. The summed E-state index contributed by atoms with van der Waals surface area (Å²) in [5, 5.41) is 18.4. The zero-order chi connectivity index (χ0) is 21.3. The number of phenols is 1. The number of carboxylic acids is 1. The van der Waals surface area contributed by atoms with Crippen molar-refractivity contribution >= 4 is 35.0 Å². The Bertz CT molecular complexity index is 1180. The lowest BCUT2D eigenvalue weighted by molar-refractivity contribution is -0.123. The van der Waals surface area contributed by atoms with Gasteiger partial charge in [0.1, 0.15) is 22.8 Å². The average Bonchev–Trinajstić information content (AvgIpc) is 3.29. The van der Waals surface area contributed by atoms with Gasteiger partial charge in [-0.15, -0.1) is 0 Å². The first-order valence-corrected chi connectivity index (χ1v) is 9.70. The fourth-order valence-corrected chi connectivity index (χ4v) is 3.80. The summed E-state index contributed by atoms with van der Waals surface area (Å²) >= 11 is 0.837. The normalized spacial score (nSPS) is 15.2. The molecule has 4 rings (SSSR count). The zero-order valence-electron chi connectivity index (χ0n) is 15.4. The van der Waals surface area contributed by atoms with E-state index in [2.05, 4.69) is 0 Å². The summed E-state index contributed by atoms with van der Waals surface area (Å²) in [6.45, 7) is 0.192. The first-order valence-electron chi connectivity index (χ1n) is 8.88. The molecule has 7 nitrogen and oxygen atoms in total. The number of thioether (sulfide) groups is 1. The molecule has 150 valence electrons. The third kappa shape index (κ3) is 3.85. The minimum Gasteiger partial charge on any atom is -0.507 e. The van der Waals surface area contributed by atoms with E-state index in [-0.39, 0.29) is 28.0 Å². The van der Waals surface area contributed by atoms with E-state index >= 15 is 0 Å². The van der Waals surface area contributed by atoms with Crippen LogP contribution in [0, 0.1) is 0 Å². The van der Waals surface area contributed by atoms with Gasteiger partial charge in [-0.05, 0) is 47.7 Å². The summed E-state index contributed by atoms with van der Waals surface area (Å²) < 4.78 is 5.70. The number of aromatic hydroxyl groups is 1. The minimum absolute atomic E-state index is 0.192. The van der Waals surface area contributed by atoms with Gasteiger partial charge in [0.05, 0.1) is 11.4 Å². The Balaban J connectivity index is 1.56. The molecule has 1 fully saturated rings. The predicted octanol–water partition coefficient (Wildman–Crippen LogP) is 4.59. The van der Waals surface area contributed by atoms with Crippen molar-refractivity contribution in [3.05, 3.63) is 82.5 Å². The fraction of sp³-hybridized carbons (Fsp3) is 0.0455. The minimum atomic E-state index is -1.26. The first kappa shape index (κ1) is 19.5. The third-order valence-corrected chi connectivity index (χ3v) is 5.38. The molecule has 8 heteroatoms. The van der Waals surface area contributed by atoms with Crippen LogP contribution in [0.2, 0.25) is 0 Å². The molecule has 2 heterocycles. The van der Waals surface area contributed by atoms with Crippen molar-refractivity contribution in [1.29, 1.82) is 0 Å². The number of amides is 2. The second-order valence-corrected chi connectivity index (χ2v) is 7.49. The van der Waals surface area contributed by atoms with Gasteiger partial charge >= 0.3 is 5.97 Å². The Labute approximate surface area is 175 Å². The summed E-state index contributed by atoms with van der Waals surface area (Å²) in [5.41, 5.74) is 1.07. The summed E-state index contributed by atoms with van der Waals surface area (Å²) in [5.74, 6) is -1.28. The highest BCUT2D eigenvalue weighted by atomic mass is 32.2.